The number of benzene rings is 1. The number of aromatic nitrogens is 1. The van der Waals surface area contributed by atoms with Gasteiger partial charge in [0.25, 0.3) is 0 Å². The summed E-state index contributed by atoms with van der Waals surface area (Å²) in [6, 6.07) is 6.12. The average Bonchev–Trinajstić information content (AvgIpc) is 2.34. The van der Waals surface area contributed by atoms with E-state index in [-0.39, 0.29) is 11.4 Å². The third-order valence-electron chi connectivity index (χ3n) is 2.27. The van der Waals surface area contributed by atoms with Gasteiger partial charge in [-0.1, -0.05) is 11.6 Å². The molecule has 0 unspecified atom stereocenters. The Labute approximate surface area is 126 Å². The van der Waals surface area contributed by atoms with Gasteiger partial charge in [0.2, 0.25) is 0 Å². The fourth-order valence-corrected chi connectivity index (χ4v) is 2.32. The van der Waals surface area contributed by atoms with Crippen LogP contribution >= 0.6 is 34.2 Å². The van der Waals surface area contributed by atoms with Crippen LogP contribution in [0.5, 0.6) is 0 Å². The van der Waals surface area contributed by atoms with Gasteiger partial charge in [0.05, 0.1) is 16.9 Å². The third-order valence-corrected chi connectivity index (χ3v) is 3.25. The molecule has 0 bridgehead atoms. The van der Waals surface area contributed by atoms with Gasteiger partial charge in [0, 0.05) is 3.57 Å². The summed E-state index contributed by atoms with van der Waals surface area (Å²) in [7, 11) is 0. The van der Waals surface area contributed by atoms with Gasteiger partial charge in [0.1, 0.15) is 17.2 Å². The number of carboxylic acid groups (broad SMARTS) is 1. The Morgan fingerprint density at radius 3 is 2.79 bits per heavy atom. The molecule has 1 heterocycles. The molecule has 1 aromatic carbocycles. The molecule has 0 aliphatic heterocycles. The number of nitrogens with zero attached hydrogens (tertiary/aromatic N) is 1. The number of rotatable bonds is 3. The SMILES string of the molecule is O=C(O)c1cc(F)cnc1Nc1ccc(I)cc1Cl. The number of nitrogens with one attached hydrogen (secondary N) is 1. The fourth-order valence-electron chi connectivity index (χ4n) is 1.42. The minimum Gasteiger partial charge on any atom is -0.478 e. The maximum atomic E-state index is 13.0. The van der Waals surface area contributed by atoms with Gasteiger partial charge >= 0.3 is 5.97 Å². The van der Waals surface area contributed by atoms with Crippen LogP contribution in [0.2, 0.25) is 5.02 Å². The molecule has 2 rings (SSSR count). The van der Waals surface area contributed by atoms with Crippen molar-refractivity contribution in [2.75, 3.05) is 5.32 Å². The minimum absolute atomic E-state index is 0.0389. The molecule has 98 valence electrons. The highest BCUT2D eigenvalue weighted by atomic mass is 127. The molecule has 19 heavy (non-hydrogen) atoms. The first-order valence-corrected chi connectivity index (χ1v) is 6.54. The lowest BCUT2D eigenvalue weighted by molar-refractivity contribution is 0.0697. The van der Waals surface area contributed by atoms with Crippen LogP contribution < -0.4 is 5.32 Å². The number of anilines is 2. The highest BCUT2D eigenvalue weighted by Crippen LogP contribution is 2.27. The summed E-state index contributed by atoms with van der Waals surface area (Å²) >= 11 is 8.13. The van der Waals surface area contributed by atoms with Crippen LogP contribution in [0.1, 0.15) is 10.4 Å². The second kappa shape index (κ2) is 5.70. The molecular weight excluding hydrogens is 385 g/mol. The largest absolute Gasteiger partial charge is 0.478 e. The molecule has 0 fully saturated rings. The predicted octanol–water partition coefficient (Wildman–Crippen LogP) is 3.92. The fraction of sp³-hybridized carbons (Fsp3) is 0. The van der Waals surface area contributed by atoms with Crippen molar-refractivity contribution in [3.63, 3.8) is 0 Å². The number of carboxylic acids is 1. The summed E-state index contributed by atoms with van der Waals surface area (Å²) in [4.78, 5) is 14.8. The van der Waals surface area contributed by atoms with E-state index in [1.54, 1.807) is 18.2 Å². The second-order valence-corrected chi connectivity index (χ2v) is 5.26. The first kappa shape index (κ1) is 14.0. The predicted molar refractivity (Wildman–Crippen MR) is 78.6 cm³/mol. The summed E-state index contributed by atoms with van der Waals surface area (Å²) in [6.07, 6.45) is 0.940. The van der Waals surface area contributed by atoms with Crippen LogP contribution in [0, 0.1) is 9.39 Å². The zero-order valence-corrected chi connectivity index (χ0v) is 12.2. The van der Waals surface area contributed by atoms with Crippen molar-refractivity contribution in [2.45, 2.75) is 0 Å². The van der Waals surface area contributed by atoms with Gasteiger partial charge in [-0.2, -0.15) is 0 Å². The van der Waals surface area contributed by atoms with E-state index in [0.717, 1.165) is 15.8 Å². The number of hydrogen-bond acceptors (Lipinski definition) is 3. The number of hydrogen-bond donors (Lipinski definition) is 2. The van der Waals surface area contributed by atoms with E-state index in [9.17, 15) is 9.18 Å². The Morgan fingerprint density at radius 2 is 2.16 bits per heavy atom. The van der Waals surface area contributed by atoms with E-state index < -0.39 is 11.8 Å². The average molecular weight is 393 g/mol. The molecule has 0 aliphatic rings. The topological polar surface area (TPSA) is 62.2 Å². The van der Waals surface area contributed by atoms with Crippen molar-refractivity contribution in [3.05, 3.63) is 50.4 Å². The molecule has 0 saturated carbocycles. The van der Waals surface area contributed by atoms with Crippen molar-refractivity contribution < 1.29 is 14.3 Å². The van der Waals surface area contributed by atoms with E-state index in [0.29, 0.717) is 10.7 Å². The zero-order valence-electron chi connectivity index (χ0n) is 9.32. The smallest absolute Gasteiger partial charge is 0.339 e. The molecule has 1 aromatic heterocycles. The maximum Gasteiger partial charge on any atom is 0.339 e. The molecule has 0 saturated heterocycles. The van der Waals surface area contributed by atoms with Gasteiger partial charge in [-0.25, -0.2) is 14.2 Å². The Bertz CT molecular complexity index is 652. The van der Waals surface area contributed by atoms with Gasteiger partial charge in [0.15, 0.2) is 0 Å². The van der Waals surface area contributed by atoms with Crippen LogP contribution in [0.4, 0.5) is 15.9 Å². The molecular formula is C12H7ClFIN2O2. The third kappa shape index (κ3) is 3.32. The first-order chi connectivity index (χ1) is 8.97. The van der Waals surface area contributed by atoms with E-state index >= 15 is 0 Å². The molecule has 0 spiro atoms. The lowest BCUT2D eigenvalue weighted by Gasteiger charge is -2.10. The van der Waals surface area contributed by atoms with Crippen molar-refractivity contribution in [1.29, 1.82) is 0 Å². The Hall–Kier alpha value is -1.41. The molecule has 4 nitrogen and oxygen atoms in total. The molecule has 0 radical (unpaired) electrons. The minimum atomic E-state index is -1.27. The Kier molecular flexibility index (Phi) is 4.20. The Morgan fingerprint density at radius 1 is 1.42 bits per heavy atom. The van der Waals surface area contributed by atoms with E-state index in [1.165, 1.54) is 0 Å². The monoisotopic (exact) mass is 392 g/mol. The van der Waals surface area contributed by atoms with Crippen LogP contribution in [-0.4, -0.2) is 16.1 Å². The summed E-state index contributed by atoms with van der Waals surface area (Å²) in [5.74, 6) is -1.94. The molecule has 2 aromatic rings. The number of pyridine rings is 1. The molecule has 0 atom stereocenters. The van der Waals surface area contributed by atoms with Gasteiger partial charge in [-0.15, -0.1) is 0 Å². The normalized spacial score (nSPS) is 10.3. The van der Waals surface area contributed by atoms with E-state index in [4.69, 9.17) is 16.7 Å². The number of halogens is 3. The van der Waals surface area contributed by atoms with Gasteiger partial charge in [-0.3, -0.25) is 0 Å². The lowest BCUT2D eigenvalue weighted by Crippen LogP contribution is -2.06. The number of carbonyl (C=O) groups is 1. The maximum absolute atomic E-state index is 13.0. The van der Waals surface area contributed by atoms with Crippen LogP contribution in [-0.2, 0) is 0 Å². The van der Waals surface area contributed by atoms with Gasteiger partial charge in [-0.05, 0) is 46.9 Å². The van der Waals surface area contributed by atoms with Crippen molar-refractivity contribution >= 4 is 51.7 Å². The van der Waals surface area contributed by atoms with Crippen LogP contribution in [0.3, 0.4) is 0 Å². The summed E-state index contributed by atoms with van der Waals surface area (Å²) < 4.78 is 13.9. The van der Waals surface area contributed by atoms with Crippen molar-refractivity contribution in [1.82, 2.24) is 4.98 Å². The summed E-state index contributed by atoms with van der Waals surface area (Å²) in [5, 5.41) is 12.2. The summed E-state index contributed by atoms with van der Waals surface area (Å²) in [5.41, 5.74) is 0.248. The van der Waals surface area contributed by atoms with Crippen LogP contribution in [0.15, 0.2) is 30.5 Å². The van der Waals surface area contributed by atoms with E-state index in [2.05, 4.69) is 32.9 Å². The summed E-state index contributed by atoms with van der Waals surface area (Å²) in [6.45, 7) is 0. The van der Waals surface area contributed by atoms with Crippen LogP contribution in [0.25, 0.3) is 0 Å². The highest BCUT2D eigenvalue weighted by Gasteiger charge is 2.14. The van der Waals surface area contributed by atoms with Gasteiger partial charge < -0.3 is 10.4 Å². The highest BCUT2D eigenvalue weighted by molar-refractivity contribution is 14.1. The molecule has 0 aliphatic carbocycles. The second-order valence-electron chi connectivity index (χ2n) is 3.60. The van der Waals surface area contributed by atoms with Crippen molar-refractivity contribution in [2.24, 2.45) is 0 Å². The lowest BCUT2D eigenvalue weighted by atomic mass is 10.2. The first-order valence-electron chi connectivity index (χ1n) is 5.08. The molecule has 2 N–H and O–H groups in total. The Balaban J connectivity index is 2.40. The molecule has 0 amide bonds. The zero-order chi connectivity index (χ0) is 14.0. The van der Waals surface area contributed by atoms with Crippen molar-refractivity contribution in [3.8, 4) is 0 Å². The standard InChI is InChI=1S/C12H7ClFIN2O2/c13-9-4-7(15)1-2-10(9)17-11-8(12(18)19)3-6(14)5-16-11/h1-5H,(H,16,17)(H,18,19). The van der Waals surface area contributed by atoms with E-state index in [1.807, 2.05) is 0 Å². The molecule has 7 heteroatoms. The quantitative estimate of drug-likeness (QED) is 0.777. The number of aromatic carboxylic acids is 1.